The SMILES string of the molecule is CNC(CS)c1ccc(N2CCCCC2)c(F)c1. The Morgan fingerprint density at radius 2 is 2.06 bits per heavy atom. The van der Waals surface area contributed by atoms with Crippen LogP contribution in [0.2, 0.25) is 0 Å². The quantitative estimate of drug-likeness (QED) is 0.816. The Morgan fingerprint density at radius 1 is 1.33 bits per heavy atom. The lowest BCUT2D eigenvalue weighted by Crippen LogP contribution is -2.30. The van der Waals surface area contributed by atoms with Gasteiger partial charge in [0.2, 0.25) is 0 Å². The van der Waals surface area contributed by atoms with Gasteiger partial charge in [-0.15, -0.1) is 0 Å². The fourth-order valence-electron chi connectivity index (χ4n) is 2.49. The monoisotopic (exact) mass is 268 g/mol. The zero-order valence-electron chi connectivity index (χ0n) is 10.8. The molecule has 4 heteroatoms. The van der Waals surface area contributed by atoms with Gasteiger partial charge in [0, 0.05) is 24.9 Å². The number of hydrogen-bond acceptors (Lipinski definition) is 3. The number of benzene rings is 1. The molecule has 1 fully saturated rings. The van der Waals surface area contributed by atoms with Crippen molar-refractivity contribution < 1.29 is 4.39 Å². The van der Waals surface area contributed by atoms with Crippen LogP contribution in [-0.2, 0) is 0 Å². The molecule has 2 rings (SSSR count). The largest absolute Gasteiger partial charge is 0.369 e. The van der Waals surface area contributed by atoms with Crippen molar-refractivity contribution in [3.63, 3.8) is 0 Å². The van der Waals surface area contributed by atoms with E-state index in [4.69, 9.17) is 0 Å². The van der Waals surface area contributed by atoms with Crippen LogP contribution >= 0.6 is 12.6 Å². The van der Waals surface area contributed by atoms with E-state index in [1.807, 2.05) is 19.2 Å². The van der Waals surface area contributed by atoms with Gasteiger partial charge in [-0.25, -0.2) is 4.39 Å². The van der Waals surface area contributed by atoms with E-state index in [1.165, 1.54) is 6.42 Å². The fraction of sp³-hybridized carbons (Fsp3) is 0.571. The molecule has 1 aliphatic rings. The summed E-state index contributed by atoms with van der Waals surface area (Å²) in [5.41, 5.74) is 1.71. The van der Waals surface area contributed by atoms with Gasteiger partial charge in [0.25, 0.3) is 0 Å². The van der Waals surface area contributed by atoms with Crippen LogP contribution in [0.3, 0.4) is 0 Å². The number of halogens is 1. The van der Waals surface area contributed by atoms with Crippen LogP contribution in [0.4, 0.5) is 10.1 Å². The maximum Gasteiger partial charge on any atom is 0.146 e. The Bertz CT molecular complexity index is 387. The first-order chi connectivity index (χ1) is 8.76. The average molecular weight is 268 g/mol. The van der Waals surface area contributed by atoms with E-state index < -0.39 is 0 Å². The number of nitrogens with zero attached hydrogens (tertiary/aromatic N) is 1. The normalized spacial score (nSPS) is 17.8. The highest BCUT2D eigenvalue weighted by atomic mass is 32.1. The second-order valence-corrected chi connectivity index (χ2v) is 5.15. The number of thiol groups is 1. The lowest BCUT2D eigenvalue weighted by molar-refractivity contribution is 0.554. The standard InChI is InChI=1S/C14H21FN2S/c1-16-13(10-18)11-5-6-14(12(15)9-11)17-7-3-2-4-8-17/h5-6,9,13,16,18H,2-4,7-8,10H2,1H3. The molecule has 0 spiro atoms. The highest BCUT2D eigenvalue weighted by Crippen LogP contribution is 2.26. The van der Waals surface area contributed by atoms with Crippen LogP contribution in [0.1, 0.15) is 30.9 Å². The van der Waals surface area contributed by atoms with Crippen LogP contribution in [-0.4, -0.2) is 25.9 Å². The lowest BCUT2D eigenvalue weighted by atomic mass is 10.1. The lowest BCUT2D eigenvalue weighted by Gasteiger charge is -2.29. The molecule has 1 aromatic carbocycles. The third kappa shape index (κ3) is 2.98. The third-order valence-corrected chi connectivity index (χ3v) is 3.97. The number of hydrogen-bond donors (Lipinski definition) is 2. The molecule has 0 aromatic heterocycles. The van der Waals surface area contributed by atoms with Crippen LogP contribution < -0.4 is 10.2 Å². The van der Waals surface area contributed by atoms with E-state index in [9.17, 15) is 4.39 Å². The summed E-state index contributed by atoms with van der Waals surface area (Å²) in [4.78, 5) is 2.15. The van der Waals surface area contributed by atoms with Crippen molar-refractivity contribution in [2.24, 2.45) is 0 Å². The molecule has 1 N–H and O–H groups in total. The van der Waals surface area contributed by atoms with Crippen LogP contribution in [0.25, 0.3) is 0 Å². The summed E-state index contributed by atoms with van der Waals surface area (Å²) in [6, 6.07) is 5.66. The minimum absolute atomic E-state index is 0.109. The van der Waals surface area contributed by atoms with Gasteiger partial charge in [-0.05, 0) is 44.0 Å². The molecular formula is C14H21FN2S. The van der Waals surface area contributed by atoms with Gasteiger partial charge >= 0.3 is 0 Å². The minimum atomic E-state index is -0.114. The zero-order valence-corrected chi connectivity index (χ0v) is 11.7. The second-order valence-electron chi connectivity index (χ2n) is 4.78. The van der Waals surface area contributed by atoms with Crippen molar-refractivity contribution in [1.82, 2.24) is 5.32 Å². The predicted molar refractivity (Wildman–Crippen MR) is 78.1 cm³/mol. The van der Waals surface area contributed by atoms with Crippen molar-refractivity contribution in [2.45, 2.75) is 25.3 Å². The summed E-state index contributed by atoms with van der Waals surface area (Å²) < 4.78 is 14.2. The molecular weight excluding hydrogens is 247 g/mol. The topological polar surface area (TPSA) is 15.3 Å². The molecule has 1 unspecified atom stereocenters. The molecule has 1 heterocycles. The Hall–Kier alpha value is -0.740. The third-order valence-electron chi connectivity index (χ3n) is 3.60. The van der Waals surface area contributed by atoms with E-state index in [-0.39, 0.29) is 11.9 Å². The fourth-order valence-corrected chi connectivity index (χ4v) is 2.89. The summed E-state index contributed by atoms with van der Waals surface area (Å²) in [6.45, 7) is 1.94. The van der Waals surface area contributed by atoms with Crippen molar-refractivity contribution in [3.8, 4) is 0 Å². The van der Waals surface area contributed by atoms with Gasteiger partial charge in [-0.2, -0.15) is 12.6 Å². The van der Waals surface area contributed by atoms with Gasteiger partial charge in [-0.1, -0.05) is 6.07 Å². The van der Waals surface area contributed by atoms with Crippen molar-refractivity contribution in [3.05, 3.63) is 29.6 Å². The average Bonchev–Trinajstić information content (AvgIpc) is 2.41. The van der Waals surface area contributed by atoms with Crippen molar-refractivity contribution in [2.75, 3.05) is 30.8 Å². The van der Waals surface area contributed by atoms with Gasteiger partial charge < -0.3 is 10.2 Å². The molecule has 100 valence electrons. The van der Waals surface area contributed by atoms with Crippen LogP contribution in [0.15, 0.2) is 18.2 Å². The summed E-state index contributed by atoms with van der Waals surface area (Å²) in [6.07, 6.45) is 3.59. The molecule has 0 aliphatic carbocycles. The number of rotatable bonds is 4. The van der Waals surface area contributed by atoms with Crippen molar-refractivity contribution >= 4 is 18.3 Å². The molecule has 1 saturated heterocycles. The Morgan fingerprint density at radius 3 is 2.61 bits per heavy atom. The highest BCUT2D eigenvalue weighted by Gasteiger charge is 2.16. The first-order valence-corrected chi connectivity index (χ1v) is 7.22. The van der Waals surface area contributed by atoms with E-state index >= 15 is 0 Å². The zero-order chi connectivity index (χ0) is 13.0. The number of nitrogens with one attached hydrogen (secondary N) is 1. The molecule has 0 bridgehead atoms. The molecule has 1 aliphatic heterocycles. The first-order valence-electron chi connectivity index (χ1n) is 6.58. The summed E-state index contributed by atoms with van der Waals surface area (Å²) in [7, 11) is 1.87. The van der Waals surface area contributed by atoms with Gasteiger partial charge in [0.05, 0.1) is 5.69 Å². The Labute approximate surface area is 114 Å². The van der Waals surface area contributed by atoms with E-state index in [0.29, 0.717) is 5.75 Å². The molecule has 1 aromatic rings. The predicted octanol–water partition coefficient (Wildman–Crippen LogP) is 3.01. The smallest absolute Gasteiger partial charge is 0.146 e. The molecule has 0 radical (unpaired) electrons. The molecule has 0 saturated carbocycles. The van der Waals surface area contributed by atoms with Crippen LogP contribution in [0, 0.1) is 5.82 Å². The molecule has 2 nitrogen and oxygen atoms in total. The van der Waals surface area contributed by atoms with Gasteiger partial charge in [-0.3, -0.25) is 0 Å². The van der Waals surface area contributed by atoms with Crippen LogP contribution in [0.5, 0.6) is 0 Å². The maximum absolute atomic E-state index is 14.2. The van der Waals surface area contributed by atoms with Gasteiger partial charge in [0.1, 0.15) is 5.82 Å². The van der Waals surface area contributed by atoms with Crippen molar-refractivity contribution in [1.29, 1.82) is 0 Å². The number of piperidine rings is 1. The molecule has 0 amide bonds. The van der Waals surface area contributed by atoms with E-state index in [1.54, 1.807) is 6.07 Å². The first kappa shape index (κ1) is 13.7. The Balaban J connectivity index is 2.18. The van der Waals surface area contributed by atoms with E-state index in [2.05, 4.69) is 22.8 Å². The number of anilines is 1. The Kier molecular flexibility index (Phi) is 4.89. The minimum Gasteiger partial charge on any atom is -0.369 e. The van der Waals surface area contributed by atoms with E-state index in [0.717, 1.165) is 37.2 Å². The second kappa shape index (κ2) is 6.43. The maximum atomic E-state index is 14.2. The summed E-state index contributed by atoms with van der Waals surface area (Å²) in [5, 5.41) is 3.14. The summed E-state index contributed by atoms with van der Waals surface area (Å²) in [5.74, 6) is 0.551. The van der Waals surface area contributed by atoms with Gasteiger partial charge in [0.15, 0.2) is 0 Å². The summed E-state index contributed by atoms with van der Waals surface area (Å²) >= 11 is 4.27. The molecule has 1 atom stereocenters. The molecule has 18 heavy (non-hydrogen) atoms. The highest BCUT2D eigenvalue weighted by molar-refractivity contribution is 7.80.